The molecule has 0 saturated carbocycles. The van der Waals surface area contributed by atoms with Gasteiger partial charge >= 0.3 is 0 Å². The molecule has 0 bridgehead atoms. The Balaban J connectivity index is 2.58. The molecule has 0 unspecified atom stereocenters. The second kappa shape index (κ2) is 4.27. The third-order valence-electron chi connectivity index (χ3n) is 3.36. The molecule has 1 heterocycles. The molecule has 2 aromatic rings. The molecular formula is C16H22N2. The van der Waals surface area contributed by atoms with Gasteiger partial charge in [-0.3, -0.25) is 5.10 Å². The van der Waals surface area contributed by atoms with Crippen molar-refractivity contribution in [3.8, 4) is 11.3 Å². The van der Waals surface area contributed by atoms with Gasteiger partial charge in [-0.2, -0.15) is 5.10 Å². The van der Waals surface area contributed by atoms with Crippen molar-refractivity contribution in [2.45, 2.75) is 47.0 Å². The summed E-state index contributed by atoms with van der Waals surface area (Å²) in [6, 6.07) is 6.67. The van der Waals surface area contributed by atoms with E-state index in [9.17, 15) is 0 Å². The molecule has 0 radical (unpaired) electrons. The molecular weight excluding hydrogens is 220 g/mol. The first kappa shape index (κ1) is 12.9. The fourth-order valence-electron chi connectivity index (χ4n) is 2.35. The first-order valence-electron chi connectivity index (χ1n) is 6.43. The minimum absolute atomic E-state index is 0.190. The SMILES string of the molecule is Cc1cc(-c2c(C)cc(C(C)(C)C)cc2C)n[nH]1. The van der Waals surface area contributed by atoms with E-state index in [0.717, 1.165) is 11.4 Å². The number of hydrogen-bond acceptors (Lipinski definition) is 1. The maximum absolute atomic E-state index is 4.37. The highest BCUT2D eigenvalue weighted by Crippen LogP contribution is 2.31. The summed E-state index contributed by atoms with van der Waals surface area (Å²) >= 11 is 0. The monoisotopic (exact) mass is 242 g/mol. The Hall–Kier alpha value is -1.57. The summed E-state index contributed by atoms with van der Waals surface area (Å²) in [6.07, 6.45) is 0. The molecule has 0 amide bonds. The maximum atomic E-state index is 4.37. The van der Waals surface area contributed by atoms with Crippen molar-refractivity contribution in [1.29, 1.82) is 0 Å². The summed E-state index contributed by atoms with van der Waals surface area (Å²) in [6.45, 7) is 13.1. The molecule has 96 valence electrons. The van der Waals surface area contributed by atoms with Crippen molar-refractivity contribution in [3.05, 3.63) is 40.6 Å². The van der Waals surface area contributed by atoms with Crippen molar-refractivity contribution in [1.82, 2.24) is 10.2 Å². The summed E-state index contributed by atoms with van der Waals surface area (Å²) in [5, 5.41) is 7.39. The number of rotatable bonds is 1. The van der Waals surface area contributed by atoms with Crippen LogP contribution in [0.15, 0.2) is 18.2 Å². The van der Waals surface area contributed by atoms with E-state index < -0.39 is 0 Å². The molecule has 2 heteroatoms. The lowest BCUT2D eigenvalue weighted by atomic mass is 9.83. The summed E-state index contributed by atoms with van der Waals surface area (Å²) < 4.78 is 0. The van der Waals surface area contributed by atoms with E-state index in [4.69, 9.17) is 0 Å². The molecule has 0 aliphatic heterocycles. The highest BCUT2D eigenvalue weighted by atomic mass is 15.1. The van der Waals surface area contributed by atoms with E-state index in [-0.39, 0.29) is 5.41 Å². The molecule has 0 aliphatic rings. The molecule has 1 N–H and O–H groups in total. The molecule has 0 saturated heterocycles. The van der Waals surface area contributed by atoms with Crippen molar-refractivity contribution in [3.63, 3.8) is 0 Å². The molecule has 0 aliphatic carbocycles. The van der Waals surface area contributed by atoms with Crippen LogP contribution in [-0.4, -0.2) is 10.2 Å². The quantitative estimate of drug-likeness (QED) is 0.793. The molecule has 1 aromatic carbocycles. The third kappa shape index (κ3) is 2.33. The Labute approximate surface area is 109 Å². The fraction of sp³-hybridized carbons (Fsp3) is 0.438. The van der Waals surface area contributed by atoms with Crippen LogP contribution in [0.5, 0.6) is 0 Å². The second-order valence-electron chi connectivity index (χ2n) is 6.17. The summed E-state index contributed by atoms with van der Waals surface area (Å²) in [5.74, 6) is 0. The Morgan fingerprint density at radius 2 is 1.50 bits per heavy atom. The van der Waals surface area contributed by atoms with Gasteiger partial charge in [0.2, 0.25) is 0 Å². The normalized spacial score (nSPS) is 11.9. The lowest BCUT2D eigenvalue weighted by molar-refractivity contribution is 0.589. The van der Waals surface area contributed by atoms with Crippen molar-refractivity contribution in [2.75, 3.05) is 0 Å². The second-order valence-corrected chi connectivity index (χ2v) is 6.17. The van der Waals surface area contributed by atoms with Gasteiger partial charge in [0.05, 0.1) is 5.69 Å². The minimum atomic E-state index is 0.190. The number of aromatic amines is 1. The van der Waals surface area contributed by atoms with E-state index >= 15 is 0 Å². The number of aryl methyl sites for hydroxylation is 3. The van der Waals surface area contributed by atoms with Crippen LogP contribution in [0.2, 0.25) is 0 Å². The van der Waals surface area contributed by atoms with Crippen molar-refractivity contribution >= 4 is 0 Å². The van der Waals surface area contributed by atoms with E-state index in [1.54, 1.807) is 0 Å². The average Bonchev–Trinajstić information content (AvgIpc) is 2.62. The van der Waals surface area contributed by atoms with E-state index in [0.29, 0.717) is 0 Å². The Morgan fingerprint density at radius 1 is 0.944 bits per heavy atom. The van der Waals surface area contributed by atoms with Crippen LogP contribution in [0.1, 0.15) is 43.2 Å². The molecule has 2 rings (SSSR count). The standard InChI is InChI=1S/C16H22N2/c1-10-7-13(16(4,5)6)8-11(2)15(10)14-9-12(3)17-18-14/h7-9H,1-6H3,(H,17,18). The van der Waals surface area contributed by atoms with Gasteiger partial charge in [0.15, 0.2) is 0 Å². The summed E-state index contributed by atoms with van der Waals surface area (Å²) in [4.78, 5) is 0. The third-order valence-corrected chi connectivity index (χ3v) is 3.36. The van der Waals surface area contributed by atoms with Crippen LogP contribution in [0.4, 0.5) is 0 Å². The molecule has 2 nitrogen and oxygen atoms in total. The first-order valence-corrected chi connectivity index (χ1v) is 6.43. The van der Waals surface area contributed by atoms with Gasteiger partial charge < -0.3 is 0 Å². The van der Waals surface area contributed by atoms with Gasteiger partial charge in [-0.25, -0.2) is 0 Å². The summed E-state index contributed by atoms with van der Waals surface area (Å²) in [5.41, 5.74) is 7.57. The summed E-state index contributed by atoms with van der Waals surface area (Å²) in [7, 11) is 0. The zero-order chi connectivity index (χ0) is 13.5. The van der Waals surface area contributed by atoms with E-state index in [2.05, 4.69) is 63.0 Å². The Morgan fingerprint density at radius 3 is 1.89 bits per heavy atom. The molecule has 18 heavy (non-hydrogen) atoms. The smallest absolute Gasteiger partial charge is 0.0928 e. The molecule has 0 atom stereocenters. The molecule has 0 spiro atoms. The van der Waals surface area contributed by atoms with Crippen molar-refractivity contribution < 1.29 is 0 Å². The van der Waals surface area contributed by atoms with Crippen molar-refractivity contribution in [2.24, 2.45) is 0 Å². The van der Waals surface area contributed by atoms with E-state index in [1.807, 2.05) is 6.92 Å². The molecule has 1 aromatic heterocycles. The van der Waals surface area contributed by atoms with Gasteiger partial charge in [-0.15, -0.1) is 0 Å². The van der Waals surface area contributed by atoms with Crippen LogP contribution < -0.4 is 0 Å². The molecule has 0 fully saturated rings. The topological polar surface area (TPSA) is 28.7 Å². The number of aromatic nitrogens is 2. The van der Waals surface area contributed by atoms with Gasteiger partial charge in [-0.05, 0) is 48.9 Å². The highest BCUT2D eigenvalue weighted by Gasteiger charge is 2.17. The van der Waals surface area contributed by atoms with Gasteiger partial charge in [-0.1, -0.05) is 32.9 Å². The number of nitrogens with zero attached hydrogens (tertiary/aromatic N) is 1. The number of hydrogen-bond donors (Lipinski definition) is 1. The lowest BCUT2D eigenvalue weighted by Gasteiger charge is -2.22. The van der Waals surface area contributed by atoms with Gasteiger partial charge in [0.1, 0.15) is 0 Å². The highest BCUT2D eigenvalue weighted by molar-refractivity contribution is 5.68. The van der Waals surface area contributed by atoms with Gasteiger partial charge in [0, 0.05) is 11.3 Å². The predicted molar refractivity (Wildman–Crippen MR) is 76.9 cm³/mol. The predicted octanol–water partition coefficient (Wildman–Crippen LogP) is 4.30. The van der Waals surface area contributed by atoms with Crippen LogP contribution in [-0.2, 0) is 5.41 Å². The fourth-order valence-corrected chi connectivity index (χ4v) is 2.35. The van der Waals surface area contributed by atoms with Crippen LogP contribution >= 0.6 is 0 Å². The Bertz CT molecular complexity index is 548. The number of nitrogens with one attached hydrogen (secondary N) is 1. The largest absolute Gasteiger partial charge is 0.282 e. The van der Waals surface area contributed by atoms with Crippen LogP contribution in [0, 0.1) is 20.8 Å². The van der Waals surface area contributed by atoms with Crippen LogP contribution in [0.25, 0.3) is 11.3 Å². The zero-order valence-corrected chi connectivity index (χ0v) is 12.2. The van der Waals surface area contributed by atoms with E-state index in [1.165, 1.54) is 22.3 Å². The maximum Gasteiger partial charge on any atom is 0.0928 e. The first-order chi connectivity index (χ1) is 8.29. The zero-order valence-electron chi connectivity index (χ0n) is 12.2. The lowest BCUT2D eigenvalue weighted by Crippen LogP contribution is -2.12. The average molecular weight is 242 g/mol. The van der Waals surface area contributed by atoms with Crippen LogP contribution in [0.3, 0.4) is 0 Å². The van der Waals surface area contributed by atoms with Gasteiger partial charge in [0.25, 0.3) is 0 Å². The number of H-pyrrole nitrogens is 1. The number of benzene rings is 1. The minimum Gasteiger partial charge on any atom is -0.282 e. The Kier molecular flexibility index (Phi) is 3.05.